The Balaban J connectivity index is 1.82. The summed E-state index contributed by atoms with van der Waals surface area (Å²) in [5, 5.41) is 39.1. The van der Waals surface area contributed by atoms with Crippen LogP contribution in [0.4, 0.5) is 0 Å². The molecule has 26 N–H and O–H groups in total. The second kappa shape index (κ2) is 35.3. The van der Waals surface area contributed by atoms with Gasteiger partial charge in [-0.1, -0.05) is 30.7 Å². The third-order valence-corrected chi connectivity index (χ3v) is 13.0. The summed E-state index contributed by atoms with van der Waals surface area (Å²) in [6, 6.07) is -1.64. The van der Waals surface area contributed by atoms with Gasteiger partial charge in [0.15, 0.2) is 5.96 Å². The first kappa shape index (κ1) is 66.0. The molecular formula is C50H84N18O11. The second-order valence-electron chi connectivity index (χ2n) is 19.1. The summed E-state index contributed by atoms with van der Waals surface area (Å²) < 4.78 is 0. The van der Waals surface area contributed by atoms with Crippen LogP contribution in [0.25, 0.3) is 10.9 Å². The highest BCUT2D eigenvalue weighted by Crippen LogP contribution is 2.23. The van der Waals surface area contributed by atoms with E-state index in [0.29, 0.717) is 44.2 Å². The topological polar surface area (TPSA) is 518 Å². The van der Waals surface area contributed by atoms with Crippen molar-refractivity contribution in [3.63, 3.8) is 0 Å². The summed E-state index contributed by atoms with van der Waals surface area (Å²) in [7, 11) is 0. The SMILES string of the molecule is NCCCC[C@H](NC(=O)[C@H](Cc1c[nH]c2ccccc12)NC(=O)[C@@H]1CCCN1C(=O)[C@@H](CCCN)NC(=O)CNC(=O)[C@H](CCCN)NC(=O)[C@@H](NC(=O)[C@@H](N)CCCCN)[C@@H](O)CN)C(=O)N/C(=C\CCN=C(N)N)C(=O)O. The van der Waals surface area contributed by atoms with E-state index in [1.807, 2.05) is 18.2 Å². The lowest BCUT2D eigenvalue weighted by molar-refractivity contribution is -0.142. The number of nitrogens with one attached hydrogen (secondary N) is 8. The van der Waals surface area contributed by atoms with Crippen LogP contribution in [0.2, 0.25) is 0 Å². The summed E-state index contributed by atoms with van der Waals surface area (Å²) in [6.45, 7) is -0.0466. The standard InChI is InChI=1S/C50H84N18O11/c51-19-5-3-12-31(56)42(71)67-41(39(69)26-55)47(76)64-33(15-7-21-53)43(72)61-28-40(70)62-35(16-8-22-54)48(77)68-24-10-18-38(68)46(75)66-37(25-29-27-60-32-13-2-1-11-30(29)32)45(74)63-34(14-4-6-20-52)44(73)65-36(49(78)79)17-9-23-59-50(57)58/h1-2,11,13,17,27,31,33-35,37-39,41,60,69H,3-10,12,14-16,18-26,28,51-56H2,(H,61,72)(H,62,70)(H,63,74)(H,64,76)(H,65,73)(H,66,75)(H,67,71)(H,78,79)(H4,57,58,59)/b36-17-/t31-,33-,34-,35+,37-,38-,39-,41-/m0/s1. The normalized spacial score (nSPS) is 16.0. The second-order valence-corrected chi connectivity index (χ2v) is 19.1. The number of aliphatic hydroxyl groups is 1. The van der Waals surface area contributed by atoms with E-state index in [1.54, 1.807) is 12.3 Å². The Kier molecular flexibility index (Phi) is 29.5. The number of aliphatic hydroxyl groups excluding tert-OH is 1. The predicted octanol–water partition coefficient (Wildman–Crippen LogP) is -5.63. The number of carboxylic acid groups (broad SMARTS) is 1. The number of aromatic nitrogens is 1. The number of likely N-dealkylation sites (tertiary alicyclic amines) is 1. The minimum absolute atomic E-state index is 0.00636. The smallest absolute Gasteiger partial charge is 0.352 e. The molecule has 29 nitrogen and oxygen atoms in total. The summed E-state index contributed by atoms with van der Waals surface area (Å²) in [4.78, 5) is 131. The van der Waals surface area contributed by atoms with Crippen LogP contribution in [-0.2, 0) is 49.6 Å². The molecule has 0 bridgehead atoms. The molecule has 2 aromatic rings. The zero-order valence-corrected chi connectivity index (χ0v) is 44.7. The fourth-order valence-corrected chi connectivity index (χ4v) is 8.69. The Hall–Kier alpha value is -7.28. The molecule has 79 heavy (non-hydrogen) atoms. The average molecular weight is 1110 g/mol. The van der Waals surface area contributed by atoms with Crippen LogP contribution in [0.3, 0.4) is 0 Å². The zero-order valence-electron chi connectivity index (χ0n) is 44.7. The van der Waals surface area contributed by atoms with E-state index in [4.69, 9.17) is 45.9 Å². The minimum atomic E-state index is -1.59. The molecule has 3 rings (SSSR count). The molecule has 1 aromatic carbocycles. The van der Waals surface area contributed by atoms with Crippen molar-refractivity contribution in [2.45, 2.75) is 138 Å². The van der Waals surface area contributed by atoms with Crippen molar-refractivity contribution >= 4 is 70.1 Å². The maximum Gasteiger partial charge on any atom is 0.352 e. The number of rotatable bonds is 37. The number of carbonyl (C=O) groups excluding carboxylic acids is 8. The Labute approximate surface area is 458 Å². The van der Waals surface area contributed by atoms with Gasteiger partial charge in [0.25, 0.3) is 0 Å². The number of hydrogen-bond acceptors (Lipinski definition) is 17. The van der Waals surface area contributed by atoms with Gasteiger partial charge in [0, 0.05) is 43.2 Å². The maximum absolute atomic E-state index is 14.4. The van der Waals surface area contributed by atoms with Gasteiger partial charge in [0.1, 0.15) is 41.9 Å². The number of guanidine groups is 1. The Morgan fingerprint density at radius 3 is 1.99 bits per heavy atom. The van der Waals surface area contributed by atoms with Crippen molar-refractivity contribution < 1.29 is 53.4 Å². The molecule has 0 saturated carbocycles. The number of unbranched alkanes of at least 4 members (excludes halogenated alkanes) is 2. The summed E-state index contributed by atoms with van der Waals surface area (Å²) in [5.41, 5.74) is 46.0. The van der Waals surface area contributed by atoms with Gasteiger partial charge in [-0.05, 0) is 115 Å². The molecule has 0 aliphatic carbocycles. The number of aliphatic carboxylic acids is 1. The monoisotopic (exact) mass is 1110 g/mol. The molecule has 8 atom stereocenters. The number of H-pyrrole nitrogens is 1. The predicted molar refractivity (Wildman–Crippen MR) is 294 cm³/mol. The number of carboxylic acids is 1. The number of aromatic amines is 1. The van der Waals surface area contributed by atoms with Crippen molar-refractivity contribution in [3.8, 4) is 0 Å². The van der Waals surface area contributed by atoms with Crippen LogP contribution >= 0.6 is 0 Å². The van der Waals surface area contributed by atoms with Gasteiger partial charge in [-0.15, -0.1) is 0 Å². The van der Waals surface area contributed by atoms with Crippen LogP contribution in [0.1, 0.15) is 89.0 Å². The number of aliphatic imine (C=N–C) groups is 1. The van der Waals surface area contributed by atoms with E-state index in [1.165, 1.54) is 11.0 Å². The fraction of sp³-hybridized carbons (Fsp3) is 0.600. The Morgan fingerprint density at radius 1 is 0.722 bits per heavy atom. The maximum atomic E-state index is 14.4. The largest absolute Gasteiger partial charge is 0.477 e. The molecule has 1 saturated heterocycles. The van der Waals surface area contributed by atoms with E-state index >= 15 is 0 Å². The molecule has 1 aliphatic rings. The average Bonchev–Trinajstić information content (AvgIpc) is 4.12. The van der Waals surface area contributed by atoms with Gasteiger partial charge < -0.3 is 103 Å². The highest BCUT2D eigenvalue weighted by atomic mass is 16.4. The first-order valence-corrected chi connectivity index (χ1v) is 26.7. The van der Waals surface area contributed by atoms with Crippen molar-refractivity contribution in [1.29, 1.82) is 0 Å². The van der Waals surface area contributed by atoms with Crippen LogP contribution < -0.4 is 83.1 Å². The molecule has 0 radical (unpaired) electrons. The van der Waals surface area contributed by atoms with Crippen LogP contribution in [0.5, 0.6) is 0 Å². The van der Waals surface area contributed by atoms with Crippen LogP contribution in [0.15, 0.2) is 47.2 Å². The fourth-order valence-electron chi connectivity index (χ4n) is 8.69. The molecule has 1 aromatic heterocycles. The lowest BCUT2D eigenvalue weighted by Crippen LogP contribution is -2.61. The van der Waals surface area contributed by atoms with Gasteiger partial charge in [-0.3, -0.25) is 43.3 Å². The van der Waals surface area contributed by atoms with E-state index in [2.05, 4.69) is 47.2 Å². The first-order chi connectivity index (χ1) is 37.8. The van der Waals surface area contributed by atoms with Crippen LogP contribution in [-0.4, -0.2) is 180 Å². The van der Waals surface area contributed by atoms with Gasteiger partial charge in [-0.2, -0.15) is 0 Å². The lowest BCUT2D eigenvalue weighted by atomic mass is 10.0. The van der Waals surface area contributed by atoms with Crippen molar-refractivity contribution in [2.24, 2.45) is 50.9 Å². The summed E-state index contributed by atoms with van der Waals surface area (Å²) in [5.74, 6) is -7.96. The van der Waals surface area contributed by atoms with Crippen molar-refractivity contribution in [1.82, 2.24) is 47.1 Å². The van der Waals surface area contributed by atoms with E-state index in [9.17, 15) is 53.4 Å². The number of hydrogen-bond donors (Lipinski definition) is 18. The van der Waals surface area contributed by atoms with Gasteiger partial charge in [0.2, 0.25) is 47.3 Å². The molecule has 0 spiro atoms. The van der Waals surface area contributed by atoms with E-state index in [0.717, 1.165) is 10.9 Å². The highest BCUT2D eigenvalue weighted by Gasteiger charge is 2.40. The van der Waals surface area contributed by atoms with Gasteiger partial charge >= 0.3 is 5.97 Å². The third kappa shape index (κ3) is 22.2. The number of amides is 8. The molecule has 2 heterocycles. The molecular weight excluding hydrogens is 1030 g/mol. The third-order valence-electron chi connectivity index (χ3n) is 13.0. The van der Waals surface area contributed by atoms with Gasteiger partial charge in [-0.25, -0.2) is 4.79 Å². The number of para-hydroxylation sites is 1. The Morgan fingerprint density at radius 2 is 1.34 bits per heavy atom. The quantitative estimate of drug-likeness (QED) is 0.0130. The molecule has 1 aliphatic heterocycles. The van der Waals surface area contributed by atoms with E-state index < -0.39 is 120 Å². The summed E-state index contributed by atoms with van der Waals surface area (Å²) >= 11 is 0. The number of fused-ring (bicyclic) bond motifs is 1. The van der Waals surface area contributed by atoms with Crippen LogP contribution in [0, 0.1) is 0 Å². The highest BCUT2D eigenvalue weighted by molar-refractivity contribution is 5.99. The number of benzene rings is 1. The molecule has 8 amide bonds. The lowest BCUT2D eigenvalue weighted by Gasteiger charge is -2.30. The molecule has 1 fully saturated rings. The first-order valence-electron chi connectivity index (χ1n) is 26.7. The molecule has 0 unspecified atom stereocenters. The number of nitrogens with two attached hydrogens (primary N) is 8. The van der Waals surface area contributed by atoms with Crippen molar-refractivity contribution in [2.75, 3.05) is 52.4 Å². The molecule has 440 valence electrons. The summed E-state index contributed by atoms with van der Waals surface area (Å²) in [6.07, 6.45) is 4.70. The number of carbonyl (C=O) groups is 9. The van der Waals surface area contributed by atoms with E-state index in [-0.39, 0.29) is 96.5 Å². The number of nitrogens with zero attached hydrogens (tertiary/aromatic N) is 2. The van der Waals surface area contributed by atoms with Crippen molar-refractivity contribution in [3.05, 3.63) is 47.8 Å². The molecule has 29 heteroatoms. The van der Waals surface area contributed by atoms with Gasteiger partial charge in [0.05, 0.1) is 18.7 Å². The zero-order chi connectivity index (χ0) is 58.4. The minimum Gasteiger partial charge on any atom is -0.477 e. The Bertz CT molecular complexity index is 2400.